The van der Waals surface area contributed by atoms with Gasteiger partial charge in [-0.1, -0.05) is 49.9 Å². The number of carbonyl (C=O) groups is 1. The first-order valence-corrected chi connectivity index (χ1v) is 8.06. The monoisotopic (exact) mass is 294 g/mol. The van der Waals surface area contributed by atoms with Crippen molar-refractivity contribution in [3.05, 3.63) is 35.4 Å². The normalized spacial score (nSPS) is 18.4. The summed E-state index contributed by atoms with van der Waals surface area (Å²) in [5, 5.41) is 7.99. The van der Waals surface area contributed by atoms with Crippen LogP contribution in [0.5, 0.6) is 0 Å². The molecule has 1 aliphatic rings. The topological polar surface area (TPSA) is 37.3 Å². The van der Waals surface area contributed by atoms with Crippen LogP contribution < -0.4 is 0 Å². The Morgan fingerprint density at radius 1 is 1.15 bits per heavy atom. The highest BCUT2D eigenvalue weighted by atomic mass is 35.5. The number of aliphatic carboxylic acids is 1. The third kappa shape index (κ3) is 4.52. The van der Waals surface area contributed by atoms with Gasteiger partial charge in [0.25, 0.3) is 0 Å². The average molecular weight is 295 g/mol. The maximum atomic E-state index is 10.7. The van der Waals surface area contributed by atoms with Crippen LogP contribution in [0.15, 0.2) is 24.3 Å². The second-order valence-electron chi connectivity index (χ2n) is 5.77. The van der Waals surface area contributed by atoms with Crippen molar-refractivity contribution in [3.63, 3.8) is 0 Å². The molecule has 1 aromatic carbocycles. The molecule has 3 heteroatoms. The number of alkyl halides is 1. The summed E-state index contributed by atoms with van der Waals surface area (Å²) < 4.78 is 0. The van der Waals surface area contributed by atoms with Gasteiger partial charge in [0, 0.05) is 0 Å². The van der Waals surface area contributed by atoms with Crippen LogP contribution >= 0.6 is 11.6 Å². The fraction of sp³-hybridized carbons (Fsp3) is 0.588. The Morgan fingerprint density at radius 3 is 2.30 bits per heavy atom. The van der Waals surface area contributed by atoms with Crippen LogP contribution in [0.4, 0.5) is 0 Å². The van der Waals surface area contributed by atoms with Gasteiger partial charge in [-0.05, 0) is 42.7 Å². The van der Waals surface area contributed by atoms with Gasteiger partial charge in [-0.15, -0.1) is 11.6 Å². The lowest BCUT2D eigenvalue weighted by atomic mass is 9.91. The molecule has 0 saturated heterocycles. The van der Waals surface area contributed by atoms with Crippen LogP contribution in [0.3, 0.4) is 0 Å². The van der Waals surface area contributed by atoms with Crippen LogP contribution in [0.25, 0.3) is 0 Å². The van der Waals surface area contributed by atoms with E-state index < -0.39 is 11.3 Å². The molecule has 0 aromatic heterocycles. The summed E-state index contributed by atoms with van der Waals surface area (Å²) in [6.45, 7) is 0. The van der Waals surface area contributed by atoms with E-state index in [1.54, 1.807) is 0 Å². The molecule has 1 aromatic rings. The van der Waals surface area contributed by atoms with Gasteiger partial charge in [-0.2, -0.15) is 0 Å². The van der Waals surface area contributed by atoms with E-state index in [1.165, 1.54) is 49.7 Å². The van der Waals surface area contributed by atoms with E-state index in [4.69, 9.17) is 16.7 Å². The van der Waals surface area contributed by atoms with Crippen LogP contribution in [0.1, 0.15) is 62.0 Å². The highest BCUT2D eigenvalue weighted by Crippen LogP contribution is 2.31. The molecule has 0 radical (unpaired) electrons. The standard InChI is InChI=1S/C17H23ClO2/c18-16(17(19)20)12-9-13-7-10-15(11-8-13)14-5-3-1-2-4-6-14/h7-8,10-11,14,16H,1-6,9,12H2,(H,19,20). The summed E-state index contributed by atoms with van der Waals surface area (Å²) in [7, 11) is 0. The van der Waals surface area contributed by atoms with E-state index >= 15 is 0 Å². The maximum absolute atomic E-state index is 10.7. The molecule has 0 amide bonds. The second kappa shape index (κ2) is 7.68. The van der Waals surface area contributed by atoms with Crippen molar-refractivity contribution < 1.29 is 9.90 Å². The van der Waals surface area contributed by atoms with E-state index in [2.05, 4.69) is 24.3 Å². The molecule has 2 nitrogen and oxygen atoms in total. The number of carboxylic acid groups (broad SMARTS) is 1. The molecule has 1 unspecified atom stereocenters. The van der Waals surface area contributed by atoms with Gasteiger partial charge < -0.3 is 5.11 Å². The van der Waals surface area contributed by atoms with E-state index in [1.807, 2.05) is 0 Å². The molecule has 0 bridgehead atoms. The SMILES string of the molecule is O=C(O)C(Cl)CCc1ccc(C2CCCCCC2)cc1. The molecule has 1 N–H and O–H groups in total. The minimum Gasteiger partial charge on any atom is -0.480 e. The smallest absolute Gasteiger partial charge is 0.321 e. The van der Waals surface area contributed by atoms with Crippen molar-refractivity contribution >= 4 is 17.6 Å². The Hall–Kier alpha value is -1.02. The van der Waals surface area contributed by atoms with Crippen molar-refractivity contribution in [3.8, 4) is 0 Å². The number of benzene rings is 1. The third-order valence-corrected chi connectivity index (χ3v) is 4.67. The minimum absolute atomic E-state index is 0.486. The summed E-state index contributed by atoms with van der Waals surface area (Å²) in [6, 6.07) is 8.70. The summed E-state index contributed by atoms with van der Waals surface area (Å²) in [6.07, 6.45) is 9.27. The zero-order chi connectivity index (χ0) is 14.4. The zero-order valence-corrected chi connectivity index (χ0v) is 12.6. The van der Waals surface area contributed by atoms with Gasteiger partial charge in [-0.3, -0.25) is 4.79 Å². The lowest BCUT2D eigenvalue weighted by Gasteiger charge is -2.15. The highest BCUT2D eigenvalue weighted by molar-refractivity contribution is 6.29. The molecule has 1 fully saturated rings. The van der Waals surface area contributed by atoms with Crippen LogP contribution in [-0.2, 0) is 11.2 Å². The summed E-state index contributed by atoms with van der Waals surface area (Å²) in [4.78, 5) is 10.7. The fourth-order valence-electron chi connectivity index (χ4n) is 2.99. The molecule has 110 valence electrons. The largest absolute Gasteiger partial charge is 0.480 e. The van der Waals surface area contributed by atoms with Crippen LogP contribution in [0, 0.1) is 0 Å². The van der Waals surface area contributed by atoms with Gasteiger partial charge in [0.15, 0.2) is 0 Å². The summed E-state index contributed by atoms with van der Waals surface area (Å²) in [5.74, 6) is -0.215. The molecular weight excluding hydrogens is 272 g/mol. The number of halogens is 1. The van der Waals surface area contributed by atoms with Gasteiger partial charge in [-0.25, -0.2) is 0 Å². The van der Waals surface area contributed by atoms with E-state index in [0.717, 1.165) is 6.42 Å². The Kier molecular flexibility index (Phi) is 5.90. The molecule has 2 rings (SSSR count). The fourth-order valence-corrected chi connectivity index (χ4v) is 3.10. The summed E-state index contributed by atoms with van der Waals surface area (Å²) in [5.41, 5.74) is 2.62. The molecule has 0 heterocycles. The van der Waals surface area contributed by atoms with Crippen molar-refractivity contribution in [1.29, 1.82) is 0 Å². The molecule has 0 aliphatic heterocycles. The number of aryl methyl sites for hydroxylation is 1. The van der Waals surface area contributed by atoms with Crippen molar-refractivity contribution in [1.82, 2.24) is 0 Å². The van der Waals surface area contributed by atoms with Crippen LogP contribution in [0.2, 0.25) is 0 Å². The second-order valence-corrected chi connectivity index (χ2v) is 6.30. The molecule has 20 heavy (non-hydrogen) atoms. The molecule has 1 atom stereocenters. The third-order valence-electron chi connectivity index (χ3n) is 4.26. The van der Waals surface area contributed by atoms with Crippen molar-refractivity contribution in [2.45, 2.75) is 62.7 Å². The van der Waals surface area contributed by atoms with Gasteiger partial charge in [0.2, 0.25) is 0 Å². The minimum atomic E-state index is -0.929. The van der Waals surface area contributed by atoms with Gasteiger partial charge in [0.05, 0.1) is 0 Å². The van der Waals surface area contributed by atoms with E-state index in [-0.39, 0.29) is 0 Å². The number of carboxylic acids is 1. The first-order chi connectivity index (χ1) is 9.66. The molecular formula is C17H23ClO2. The highest BCUT2D eigenvalue weighted by Gasteiger charge is 2.15. The Balaban J connectivity index is 1.90. The Bertz CT molecular complexity index is 419. The maximum Gasteiger partial charge on any atom is 0.321 e. The van der Waals surface area contributed by atoms with Crippen LogP contribution in [-0.4, -0.2) is 16.5 Å². The van der Waals surface area contributed by atoms with Crippen molar-refractivity contribution in [2.24, 2.45) is 0 Å². The van der Waals surface area contributed by atoms with Crippen molar-refractivity contribution in [2.75, 3.05) is 0 Å². The number of rotatable bonds is 5. The lowest BCUT2D eigenvalue weighted by Crippen LogP contribution is -2.13. The first-order valence-electron chi connectivity index (χ1n) is 7.62. The summed E-state index contributed by atoms with van der Waals surface area (Å²) >= 11 is 5.74. The first kappa shape index (κ1) is 15.4. The quantitative estimate of drug-likeness (QED) is 0.628. The zero-order valence-electron chi connectivity index (χ0n) is 11.9. The van der Waals surface area contributed by atoms with Gasteiger partial charge in [0.1, 0.15) is 5.38 Å². The number of hydrogen-bond acceptors (Lipinski definition) is 1. The predicted octanol–water partition coefficient (Wildman–Crippen LogP) is 4.75. The predicted molar refractivity (Wildman–Crippen MR) is 82.5 cm³/mol. The van der Waals surface area contributed by atoms with E-state index in [9.17, 15) is 4.79 Å². The van der Waals surface area contributed by atoms with E-state index in [0.29, 0.717) is 12.3 Å². The Labute approximate surface area is 126 Å². The number of hydrogen-bond donors (Lipinski definition) is 1. The molecule has 1 saturated carbocycles. The lowest BCUT2D eigenvalue weighted by molar-refractivity contribution is -0.136. The molecule has 1 aliphatic carbocycles. The Morgan fingerprint density at radius 2 is 1.75 bits per heavy atom. The molecule has 0 spiro atoms. The van der Waals surface area contributed by atoms with Gasteiger partial charge >= 0.3 is 5.97 Å². The average Bonchev–Trinajstić information content (AvgIpc) is 2.74.